The highest BCUT2D eigenvalue weighted by Gasteiger charge is 2.55. The SMILES string of the molecule is CC1C(=O)NC(=O)CC12Cc1ccccc1C2=O. The van der Waals surface area contributed by atoms with Crippen molar-refractivity contribution in [1.82, 2.24) is 5.32 Å². The van der Waals surface area contributed by atoms with Gasteiger partial charge in [-0.1, -0.05) is 31.2 Å². The van der Waals surface area contributed by atoms with Crippen LogP contribution < -0.4 is 5.32 Å². The molecule has 0 saturated carbocycles. The van der Waals surface area contributed by atoms with Crippen molar-refractivity contribution < 1.29 is 14.4 Å². The Balaban J connectivity index is 2.10. The van der Waals surface area contributed by atoms with Crippen molar-refractivity contribution >= 4 is 17.6 Å². The summed E-state index contributed by atoms with van der Waals surface area (Å²) in [5, 5.41) is 2.30. The zero-order chi connectivity index (χ0) is 12.9. The second-order valence-corrected chi connectivity index (χ2v) is 5.13. The van der Waals surface area contributed by atoms with Crippen LogP contribution in [0.1, 0.15) is 29.3 Å². The number of benzene rings is 1. The van der Waals surface area contributed by atoms with E-state index in [0.29, 0.717) is 12.0 Å². The van der Waals surface area contributed by atoms with Gasteiger partial charge in [-0.2, -0.15) is 0 Å². The van der Waals surface area contributed by atoms with Gasteiger partial charge >= 0.3 is 0 Å². The highest BCUT2D eigenvalue weighted by molar-refractivity contribution is 6.12. The lowest BCUT2D eigenvalue weighted by molar-refractivity contribution is -0.141. The second-order valence-electron chi connectivity index (χ2n) is 5.13. The maximum Gasteiger partial charge on any atom is 0.230 e. The van der Waals surface area contributed by atoms with Gasteiger partial charge in [0.25, 0.3) is 0 Å². The zero-order valence-corrected chi connectivity index (χ0v) is 10.0. The molecule has 4 heteroatoms. The lowest BCUT2D eigenvalue weighted by Gasteiger charge is -2.36. The summed E-state index contributed by atoms with van der Waals surface area (Å²) in [6.45, 7) is 1.73. The predicted molar refractivity (Wildman–Crippen MR) is 63.8 cm³/mol. The quantitative estimate of drug-likeness (QED) is 0.694. The van der Waals surface area contributed by atoms with E-state index in [0.717, 1.165) is 5.56 Å². The number of ketones is 1. The van der Waals surface area contributed by atoms with E-state index < -0.39 is 11.3 Å². The molecule has 4 nitrogen and oxygen atoms in total. The Labute approximate surface area is 104 Å². The summed E-state index contributed by atoms with van der Waals surface area (Å²) in [6.07, 6.45) is 0.593. The van der Waals surface area contributed by atoms with E-state index in [9.17, 15) is 14.4 Å². The summed E-state index contributed by atoms with van der Waals surface area (Å²) in [5.41, 5.74) is 0.743. The van der Waals surface area contributed by atoms with Gasteiger partial charge in [0.05, 0.1) is 5.41 Å². The zero-order valence-electron chi connectivity index (χ0n) is 10.0. The van der Waals surface area contributed by atoms with Crippen molar-refractivity contribution in [2.24, 2.45) is 11.3 Å². The minimum absolute atomic E-state index is 0.0613. The minimum atomic E-state index is -0.858. The fourth-order valence-electron chi connectivity index (χ4n) is 3.06. The molecule has 2 aliphatic rings. The number of carbonyl (C=O) groups is 3. The summed E-state index contributed by atoms with van der Waals surface area (Å²) >= 11 is 0. The average molecular weight is 243 g/mol. The van der Waals surface area contributed by atoms with Crippen LogP contribution in [0.15, 0.2) is 24.3 Å². The highest BCUT2D eigenvalue weighted by Crippen LogP contribution is 2.46. The molecule has 1 heterocycles. The van der Waals surface area contributed by atoms with Gasteiger partial charge < -0.3 is 0 Å². The number of Topliss-reactive ketones (excluding diaryl/α,β-unsaturated/α-hetero) is 1. The maximum atomic E-state index is 12.5. The highest BCUT2D eigenvalue weighted by atomic mass is 16.2. The van der Waals surface area contributed by atoms with E-state index >= 15 is 0 Å². The summed E-state index contributed by atoms with van der Waals surface area (Å²) in [5.74, 6) is -1.21. The van der Waals surface area contributed by atoms with Crippen molar-refractivity contribution in [3.05, 3.63) is 35.4 Å². The average Bonchev–Trinajstić information content (AvgIpc) is 2.61. The van der Waals surface area contributed by atoms with E-state index in [2.05, 4.69) is 5.32 Å². The molecule has 3 rings (SSSR count). The van der Waals surface area contributed by atoms with Gasteiger partial charge in [-0.3, -0.25) is 19.7 Å². The van der Waals surface area contributed by atoms with Crippen molar-refractivity contribution in [1.29, 1.82) is 0 Å². The normalized spacial score (nSPS) is 30.5. The van der Waals surface area contributed by atoms with E-state index in [1.54, 1.807) is 13.0 Å². The number of carbonyl (C=O) groups excluding carboxylic acids is 3. The van der Waals surface area contributed by atoms with Gasteiger partial charge in [-0.15, -0.1) is 0 Å². The first-order valence-electron chi connectivity index (χ1n) is 6.01. The Morgan fingerprint density at radius 2 is 1.89 bits per heavy atom. The third kappa shape index (κ3) is 1.29. The van der Waals surface area contributed by atoms with Crippen molar-refractivity contribution in [3.63, 3.8) is 0 Å². The number of fused-ring (bicyclic) bond motifs is 1. The molecule has 1 aliphatic carbocycles. The van der Waals surface area contributed by atoms with Crippen molar-refractivity contribution in [2.45, 2.75) is 19.8 Å². The number of amides is 2. The Kier molecular flexibility index (Phi) is 2.17. The lowest BCUT2D eigenvalue weighted by Crippen LogP contribution is -2.53. The van der Waals surface area contributed by atoms with Crippen molar-refractivity contribution in [3.8, 4) is 0 Å². The molecular formula is C14H13NO3. The Hall–Kier alpha value is -1.97. The van der Waals surface area contributed by atoms with Crippen LogP contribution in [0.4, 0.5) is 0 Å². The molecule has 1 aromatic carbocycles. The fraction of sp³-hybridized carbons (Fsp3) is 0.357. The van der Waals surface area contributed by atoms with Gasteiger partial charge in [0.1, 0.15) is 0 Å². The fourth-order valence-corrected chi connectivity index (χ4v) is 3.06. The number of rotatable bonds is 0. The van der Waals surface area contributed by atoms with Crippen LogP contribution in [0.5, 0.6) is 0 Å². The van der Waals surface area contributed by atoms with E-state index in [1.165, 1.54) is 0 Å². The molecule has 1 N–H and O–H groups in total. The largest absolute Gasteiger partial charge is 0.296 e. The monoisotopic (exact) mass is 243 g/mol. The summed E-state index contributed by atoms with van der Waals surface area (Å²) in [7, 11) is 0. The molecule has 1 spiro atoms. The van der Waals surface area contributed by atoms with Gasteiger partial charge in [-0.25, -0.2) is 0 Å². The minimum Gasteiger partial charge on any atom is -0.296 e. The maximum absolute atomic E-state index is 12.5. The van der Waals surface area contributed by atoms with Crippen LogP contribution in [-0.2, 0) is 16.0 Å². The molecule has 18 heavy (non-hydrogen) atoms. The van der Waals surface area contributed by atoms with E-state index in [1.807, 2.05) is 18.2 Å². The molecule has 0 radical (unpaired) electrons. The third-order valence-corrected chi connectivity index (χ3v) is 4.18. The summed E-state index contributed by atoms with van der Waals surface area (Å²) in [6, 6.07) is 7.35. The molecule has 92 valence electrons. The molecule has 2 atom stereocenters. The number of hydrogen-bond acceptors (Lipinski definition) is 3. The number of piperidine rings is 1. The number of nitrogens with one attached hydrogen (secondary N) is 1. The molecule has 0 bridgehead atoms. The smallest absolute Gasteiger partial charge is 0.230 e. The van der Waals surface area contributed by atoms with Crippen LogP contribution in [0.25, 0.3) is 0 Å². The molecule has 2 amide bonds. The summed E-state index contributed by atoms with van der Waals surface area (Å²) < 4.78 is 0. The Bertz CT molecular complexity index is 578. The van der Waals surface area contributed by atoms with Crippen molar-refractivity contribution in [2.75, 3.05) is 0 Å². The molecule has 1 saturated heterocycles. The summed E-state index contributed by atoms with van der Waals surface area (Å²) in [4.78, 5) is 35.9. The first kappa shape index (κ1) is 11.1. The molecule has 0 aromatic heterocycles. The third-order valence-electron chi connectivity index (χ3n) is 4.18. The van der Waals surface area contributed by atoms with Gasteiger partial charge in [0.15, 0.2) is 5.78 Å². The van der Waals surface area contributed by atoms with Gasteiger partial charge in [0, 0.05) is 17.9 Å². The standard InChI is InChI=1S/C14H13NO3/c1-8-13(18)15-11(16)7-14(8)6-9-4-2-3-5-10(9)12(14)17/h2-5,8H,6-7H2,1H3,(H,15,16,18). The van der Waals surface area contributed by atoms with Crippen LogP contribution >= 0.6 is 0 Å². The van der Waals surface area contributed by atoms with Crippen LogP contribution in [0.2, 0.25) is 0 Å². The number of imide groups is 1. The van der Waals surface area contributed by atoms with Crippen LogP contribution in [-0.4, -0.2) is 17.6 Å². The second kappa shape index (κ2) is 3.51. The molecule has 1 aromatic rings. The van der Waals surface area contributed by atoms with Crippen LogP contribution in [0, 0.1) is 11.3 Å². The topological polar surface area (TPSA) is 63.2 Å². The Morgan fingerprint density at radius 3 is 2.61 bits per heavy atom. The lowest BCUT2D eigenvalue weighted by atomic mass is 9.68. The van der Waals surface area contributed by atoms with E-state index in [-0.39, 0.29) is 24.0 Å². The molecular weight excluding hydrogens is 230 g/mol. The van der Waals surface area contributed by atoms with E-state index in [4.69, 9.17) is 0 Å². The molecule has 2 unspecified atom stereocenters. The number of hydrogen-bond donors (Lipinski definition) is 1. The van der Waals surface area contributed by atoms with Crippen LogP contribution in [0.3, 0.4) is 0 Å². The first-order valence-corrected chi connectivity index (χ1v) is 6.01. The first-order chi connectivity index (χ1) is 8.54. The predicted octanol–water partition coefficient (Wildman–Crippen LogP) is 1.09. The van der Waals surface area contributed by atoms with Gasteiger partial charge in [0.2, 0.25) is 11.8 Å². The molecule has 1 aliphatic heterocycles. The molecule has 1 fully saturated rings. The Morgan fingerprint density at radius 1 is 1.17 bits per heavy atom. The van der Waals surface area contributed by atoms with Gasteiger partial charge in [-0.05, 0) is 12.0 Å².